The van der Waals surface area contributed by atoms with Crippen LogP contribution in [0.15, 0.2) is 0 Å². The molecule has 2 atom stereocenters. The molecular weight excluding hydrogens is 174 g/mol. The maximum absolute atomic E-state index is 6.56. The predicted molar refractivity (Wildman–Crippen MR) is 58.1 cm³/mol. The van der Waals surface area contributed by atoms with Crippen LogP contribution in [0, 0.1) is 11.3 Å². The molecule has 1 aliphatic heterocycles. The van der Waals surface area contributed by atoms with Crippen molar-refractivity contribution >= 4 is 0 Å². The van der Waals surface area contributed by atoms with Gasteiger partial charge in [0.15, 0.2) is 0 Å². The minimum atomic E-state index is 0.0677. The zero-order valence-corrected chi connectivity index (χ0v) is 9.51. The summed E-state index contributed by atoms with van der Waals surface area (Å²) in [6, 6.07) is 0. The Hall–Kier alpha value is -0.0800. The third kappa shape index (κ3) is 1.96. The Morgan fingerprint density at radius 2 is 2.07 bits per heavy atom. The average Bonchev–Trinajstić information content (AvgIpc) is 2.52. The average molecular weight is 197 g/mol. The van der Waals surface area contributed by atoms with E-state index in [0.29, 0.717) is 11.3 Å². The van der Waals surface area contributed by atoms with E-state index >= 15 is 0 Å². The largest absolute Gasteiger partial charge is 0.381 e. The van der Waals surface area contributed by atoms with Gasteiger partial charge in [-0.3, -0.25) is 0 Å². The molecule has 0 amide bonds. The molecule has 2 aliphatic rings. The molecule has 0 bridgehead atoms. The van der Waals surface area contributed by atoms with Gasteiger partial charge in [-0.25, -0.2) is 0 Å². The molecule has 2 rings (SSSR count). The highest BCUT2D eigenvalue weighted by molar-refractivity contribution is 4.99. The van der Waals surface area contributed by atoms with Crippen molar-refractivity contribution in [3.8, 4) is 0 Å². The summed E-state index contributed by atoms with van der Waals surface area (Å²) < 4.78 is 5.46. The van der Waals surface area contributed by atoms with Crippen LogP contribution in [0.5, 0.6) is 0 Å². The molecule has 2 nitrogen and oxygen atoms in total. The summed E-state index contributed by atoms with van der Waals surface area (Å²) in [6.45, 7) is 6.52. The Kier molecular flexibility index (Phi) is 2.61. The van der Waals surface area contributed by atoms with Gasteiger partial charge in [-0.2, -0.15) is 0 Å². The van der Waals surface area contributed by atoms with Crippen LogP contribution in [0.1, 0.15) is 46.0 Å². The standard InChI is InChI=1S/C12H23NO/c1-11(2)5-3-6-12(13,9-11)10-4-7-14-8-10/h10H,3-9,13H2,1-2H3. The van der Waals surface area contributed by atoms with Crippen molar-refractivity contribution in [2.75, 3.05) is 13.2 Å². The zero-order chi connectivity index (χ0) is 10.2. The van der Waals surface area contributed by atoms with E-state index in [9.17, 15) is 0 Å². The van der Waals surface area contributed by atoms with Crippen molar-refractivity contribution < 1.29 is 4.74 Å². The molecule has 2 unspecified atom stereocenters. The van der Waals surface area contributed by atoms with Gasteiger partial charge >= 0.3 is 0 Å². The third-order valence-corrected chi connectivity index (χ3v) is 4.05. The quantitative estimate of drug-likeness (QED) is 0.700. The van der Waals surface area contributed by atoms with Crippen LogP contribution in [0.25, 0.3) is 0 Å². The molecular formula is C12H23NO. The SMILES string of the molecule is CC1(C)CCCC(N)(C2CCOC2)C1. The summed E-state index contributed by atoms with van der Waals surface area (Å²) in [5, 5.41) is 0. The van der Waals surface area contributed by atoms with E-state index in [-0.39, 0.29) is 5.54 Å². The molecule has 0 aromatic carbocycles. The van der Waals surface area contributed by atoms with Crippen LogP contribution in [-0.2, 0) is 4.74 Å². The first-order valence-corrected chi connectivity index (χ1v) is 5.89. The topological polar surface area (TPSA) is 35.2 Å². The van der Waals surface area contributed by atoms with Crippen molar-refractivity contribution in [1.29, 1.82) is 0 Å². The molecule has 0 aromatic rings. The number of nitrogens with two attached hydrogens (primary N) is 1. The van der Waals surface area contributed by atoms with E-state index in [2.05, 4.69) is 13.8 Å². The van der Waals surface area contributed by atoms with E-state index < -0.39 is 0 Å². The predicted octanol–water partition coefficient (Wildman–Crippen LogP) is 2.32. The highest BCUT2D eigenvalue weighted by atomic mass is 16.5. The Morgan fingerprint density at radius 1 is 1.29 bits per heavy atom. The number of hydrogen-bond donors (Lipinski definition) is 1. The van der Waals surface area contributed by atoms with Crippen LogP contribution in [-0.4, -0.2) is 18.8 Å². The van der Waals surface area contributed by atoms with Crippen LogP contribution in [0.4, 0.5) is 0 Å². The summed E-state index contributed by atoms with van der Waals surface area (Å²) in [4.78, 5) is 0. The summed E-state index contributed by atoms with van der Waals surface area (Å²) in [6.07, 6.45) is 6.17. The van der Waals surface area contributed by atoms with E-state index in [1.54, 1.807) is 0 Å². The molecule has 1 saturated heterocycles. The summed E-state index contributed by atoms with van der Waals surface area (Å²) in [5.74, 6) is 0.613. The fraction of sp³-hybridized carbons (Fsp3) is 1.00. The lowest BCUT2D eigenvalue weighted by Gasteiger charge is -2.45. The molecule has 2 fully saturated rings. The van der Waals surface area contributed by atoms with Crippen LogP contribution < -0.4 is 5.73 Å². The first kappa shape index (κ1) is 10.4. The van der Waals surface area contributed by atoms with Gasteiger partial charge < -0.3 is 10.5 Å². The molecule has 1 saturated carbocycles. The fourth-order valence-electron chi connectivity index (χ4n) is 3.30. The van der Waals surface area contributed by atoms with Crippen LogP contribution in [0.2, 0.25) is 0 Å². The molecule has 0 spiro atoms. The van der Waals surface area contributed by atoms with Crippen molar-refractivity contribution in [2.24, 2.45) is 17.1 Å². The number of hydrogen-bond acceptors (Lipinski definition) is 2. The molecule has 14 heavy (non-hydrogen) atoms. The van der Waals surface area contributed by atoms with Gasteiger partial charge in [0, 0.05) is 18.1 Å². The monoisotopic (exact) mass is 197 g/mol. The van der Waals surface area contributed by atoms with E-state index in [4.69, 9.17) is 10.5 Å². The molecule has 0 radical (unpaired) electrons. The minimum absolute atomic E-state index is 0.0677. The van der Waals surface area contributed by atoms with Crippen molar-refractivity contribution in [1.82, 2.24) is 0 Å². The normalized spacial score (nSPS) is 42.6. The number of rotatable bonds is 1. The van der Waals surface area contributed by atoms with E-state index in [1.807, 2.05) is 0 Å². The van der Waals surface area contributed by atoms with Gasteiger partial charge in [0.25, 0.3) is 0 Å². The lowest BCUT2D eigenvalue weighted by molar-refractivity contribution is 0.0882. The van der Waals surface area contributed by atoms with Crippen LogP contribution in [0.3, 0.4) is 0 Å². The Balaban J connectivity index is 2.06. The molecule has 1 heterocycles. The molecule has 0 aromatic heterocycles. The minimum Gasteiger partial charge on any atom is -0.381 e. The van der Waals surface area contributed by atoms with Crippen molar-refractivity contribution in [2.45, 2.75) is 51.5 Å². The lowest BCUT2D eigenvalue weighted by Crippen LogP contribution is -2.52. The van der Waals surface area contributed by atoms with E-state index in [1.165, 1.54) is 32.1 Å². The Bertz CT molecular complexity index is 208. The number of ether oxygens (including phenoxy) is 1. The van der Waals surface area contributed by atoms with Gasteiger partial charge in [0.2, 0.25) is 0 Å². The summed E-state index contributed by atoms with van der Waals surface area (Å²) in [7, 11) is 0. The maximum atomic E-state index is 6.56. The molecule has 2 heteroatoms. The molecule has 2 N–H and O–H groups in total. The van der Waals surface area contributed by atoms with Crippen LogP contribution >= 0.6 is 0 Å². The van der Waals surface area contributed by atoms with Gasteiger partial charge in [0.05, 0.1) is 6.61 Å². The third-order valence-electron chi connectivity index (χ3n) is 4.05. The highest BCUT2D eigenvalue weighted by Gasteiger charge is 2.43. The van der Waals surface area contributed by atoms with Crippen molar-refractivity contribution in [3.05, 3.63) is 0 Å². The van der Waals surface area contributed by atoms with Gasteiger partial charge in [-0.1, -0.05) is 20.3 Å². The van der Waals surface area contributed by atoms with E-state index in [0.717, 1.165) is 13.2 Å². The second-order valence-corrected chi connectivity index (χ2v) is 5.99. The van der Waals surface area contributed by atoms with Gasteiger partial charge in [0.1, 0.15) is 0 Å². The Labute approximate surface area is 87.2 Å². The van der Waals surface area contributed by atoms with Crippen molar-refractivity contribution in [3.63, 3.8) is 0 Å². The summed E-state index contributed by atoms with van der Waals surface area (Å²) >= 11 is 0. The van der Waals surface area contributed by atoms with Gasteiger partial charge in [-0.05, 0) is 31.1 Å². The smallest absolute Gasteiger partial charge is 0.0512 e. The Morgan fingerprint density at radius 3 is 2.64 bits per heavy atom. The lowest BCUT2D eigenvalue weighted by atomic mass is 9.64. The maximum Gasteiger partial charge on any atom is 0.0512 e. The second kappa shape index (κ2) is 3.49. The van der Waals surface area contributed by atoms with Gasteiger partial charge in [-0.15, -0.1) is 0 Å². The molecule has 1 aliphatic carbocycles. The summed E-state index contributed by atoms with van der Waals surface area (Å²) in [5.41, 5.74) is 7.07. The zero-order valence-electron chi connectivity index (χ0n) is 9.51. The fourth-order valence-corrected chi connectivity index (χ4v) is 3.30. The first-order chi connectivity index (χ1) is 6.52. The second-order valence-electron chi connectivity index (χ2n) is 5.99. The first-order valence-electron chi connectivity index (χ1n) is 5.89. The highest BCUT2D eigenvalue weighted by Crippen LogP contribution is 2.44. The molecule has 82 valence electrons.